The zero-order chi connectivity index (χ0) is 15.2. The van der Waals surface area contributed by atoms with Crippen LogP contribution < -0.4 is 14.8 Å². The number of carbonyl (C=O) groups is 1. The summed E-state index contributed by atoms with van der Waals surface area (Å²) in [5, 5.41) is 3.10. The molecule has 21 heavy (non-hydrogen) atoms. The van der Waals surface area contributed by atoms with Gasteiger partial charge in [0.2, 0.25) is 0 Å². The molecule has 0 bridgehead atoms. The number of hydrogen-bond donors (Lipinski definition) is 1. The van der Waals surface area contributed by atoms with Gasteiger partial charge in [-0.15, -0.1) is 0 Å². The van der Waals surface area contributed by atoms with Gasteiger partial charge in [0.1, 0.15) is 11.5 Å². The smallest absolute Gasteiger partial charge is 0.258 e. The summed E-state index contributed by atoms with van der Waals surface area (Å²) < 4.78 is 10.6. The highest BCUT2D eigenvalue weighted by molar-refractivity contribution is 5.77. The monoisotopic (exact) mass is 291 g/mol. The number of hydrogen-bond acceptors (Lipinski definition) is 3. The maximum Gasteiger partial charge on any atom is 0.258 e. The Morgan fingerprint density at radius 2 is 1.86 bits per heavy atom. The first kappa shape index (κ1) is 15.7. The van der Waals surface area contributed by atoms with Crippen molar-refractivity contribution in [2.45, 2.75) is 39.2 Å². The van der Waals surface area contributed by atoms with Gasteiger partial charge in [0.05, 0.1) is 7.11 Å². The fraction of sp³-hybridized carbons (Fsp3) is 0.588. The van der Waals surface area contributed by atoms with Crippen LogP contribution in [0.5, 0.6) is 11.5 Å². The predicted octanol–water partition coefficient (Wildman–Crippen LogP) is 3.01. The van der Waals surface area contributed by atoms with E-state index in [-0.39, 0.29) is 18.6 Å². The summed E-state index contributed by atoms with van der Waals surface area (Å²) in [6.45, 7) is 4.54. The van der Waals surface area contributed by atoms with E-state index >= 15 is 0 Å². The van der Waals surface area contributed by atoms with Gasteiger partial charge < -0.3 is 14.8 Å². The molecule has 3 atom stereocenters. The maximum atomic E-state index is 12.0. The minimum atomic E-state index is -0.0447. The van der Waals surface area contributed by atoms with Gasteiger partial charge in [-0.2, -0.15) is 0 Å². The summed E-state index contributed by atoms with van der Waals surface area (Å²) in [4.78, 5) is 12.0. The standard InChI is InChI=1S/C17H25NO3/c1-12-5-4-6-16(13(12)2)18-17(19)11-21-15-9-7-14(20-3)8-10-15/h7-10,12-13,16H,4-6,11H2,1-3H3,(H,18,19). The zero-order valence-electron chi connectivity index (χ0n) is 13.1. The van der Waals surface area contributed by atoms with Gasteiger partial charge in [0.15, 0.2) is 6.61 Å². The van der Waals surface area contributed by atoms with Gasteiger partial charge in [-0.3, -0.25) is 4.79 Å². The van der Waals surface area contributed by atoms with E-state index in [2.05, 4.69) is 19.2 Å². The highest BCUT2D eigenvalue weighted by atomic mass is 16.5. The van der Waals surface area contributed by atoms with E-state index in [1.165, 1.54) is 12.8 Å². The Labute approximate surface area is 126 Å². The first-order valence-electron chi connectivity index (χ1n) is 7.66. The lowest BCUT2D eigenvalue weighted by Crippen LogP contribution is -2.45. The molecule has 116 valence electrons. The van der Waals surface area contributed by atoms with Crippen LogP contribution in [0, 0.1) is 11.8 Å². The Morgan fingerprint density at radius 3 is 2.52 bits per heavy atom. The van der Waals surface area contributed by atoms with Gasteiger partial charge in [-0.1, -0.05) is 26.7 Å². The molecule has 1 saturated carbocycles. The van der Waals surface area contributed by atoms with Crippen molar-refractivity contribution < 1.29 is 14.3 Å². The molecular weight excluding hydrogens is 266 g/mol. The van der Waals surface area contributed by atoms with E-state index in [1.807, 2.05) is 12.1 Å². The van der Waals surface area contributed by atoms with Crippen molar-refractivity contribution in [1.29, 1.82) is 0 Å². The van der Waals surface area contributed by atoms with Crippen LogP contribution in [-0.2, 0) is 4.79 Å². The molecule has 1 N–H and O–H groups in total. The van der Waals surface area contributed by atoms with Crippen molar-refractivity contribution in [3.63, 3.8) is 0 Å². The quantitative estimate of drug-likeness (QED) is 0.907. The minimum Gasteiger partial charge on any atom is -0.497 e. The molecule has 1 aromatic rings. The van der Waals surface area contributed by atoms with Crippen LogP contribution >= 0.6 is 0 Å². The summed E-state index contributed by atoms with van der Waals surface area (Å²) in [6, 6.07) is 7.52. The molecule has 4 heteroatoms. The molecule has 1 aromatic carbocycles. The predicted molar refractivity (Wildman–Crippen MR) is 82.6 cm³/mol. The number of ether oxygens (including phenoxy) is 2. The third kappa shape index (κ3) is 4.38. The number of nitrogens with one attached hydrogen (secondary N) is 1. The number of carbonyl (C=O) groups excluding carboxylic acids is 1. The molecule has 2 rings (SSSR count). The molecule has 1 fully saturated rings. The van der Waals surface area contributed by atoms with Crippen molar-refractivity contribution in [1.82, 2.24) is 5.32 Å². The molecule has 1 aliphatic rings. The molecule has 0 aliphatic heterocycles. The van der Waals surface area contributed by atoms with Gasteiger partial charge in [0, 0.05) is 6.04 Å². The van der Waals surface area contributed by atoms with Gasteiger partial charge >= 0.3 is 0 Å². The first-order chi connectivity index (χ1) is 10.1. The van der Waals surface area contributed by atoms with Crippen molar-refractivity contribution >= 4 is 5.91 Å². The van der Waals surface area contributed by atoms with E-state index in [1.54, 1.807) is 19.2 Å². The first-order valence-corrected chi connectivity index (χ1v) is 7.66. The van der Waals surface area contributed by atoms with Crippen molar-refractivity contribution in [2.24, 2.45) is 11.8 Å². The highest BCUT2D eigenvalue weighted by Gasteiger charge is 2.28. The Hall–Kier alpha value is -1.71. The molecule has 1 amide bonds. The van der Waals surface area contributed by atoms with Crippen LogP contribution in [0.1, 0.15) is 33.1 Å². The van der Waals surface area contributed by atoms with Crippen LogP contribution in [-0.4, -0.2) is 25.7 Å². The van der Waals surface area contributed by atoms with Crippen LogP contribution in [0.3, 0.4) is 0 Å². The number of rotatable bonds is 5. The van der Waals surface area contributed by atoms with E-state index in [0.29, 0.717) is 17.6 Å². The summed E-state index contributed by atoms with van der Waals surface area (Å²) >= 11 is 0. The average Bonchev–Trinajstić information content (AvgIpc) is 2.50. The van der Waals surface area contributed by atoms with E-state index in [9.17, 15) is 4.79 Å². The highest BCUT2D eigenvalue weighted by Crippen LogP contribution is 2.29. The van der Waals surface area contributed by atoms with Gasteiger partial charge in [-0.05, 0) is 42.5 Å². The third-order valence-electron chi connectivity index (χ3n) is 4.48. The Morgan fingerprint density at radius 1 is 1.19 bits per heavy atom. The summed E-state index contributed by atoms with van der Waals surface area (Å²) in [5.74, 6) is 2.61. The molecule has 0 spiro atoms. The number of amides is 1. The zero-order valence-corrected chi connectivity index (χ0v) is 13.1. The molecule has 0 saturated heterocycles. The fourth-order valence-corrected chi connectivity index (χ4v) is 2.85. The van der Waals surface area contributed by atoms with Crippen molar-refractivity contribution in [3.05, 3.63) is 24.3 Å². The van der Waals surface area contributed by atoms with E-state index in [4.69, 9.17) is 9.47 Å². The van der Waals surface area contributed by atoms with Crippen LogP contribution in [0.2, 0.25) is 0 Å². The topological polar surface area (TPSA) is 47.6 Å². The van der Waals surface area contributed by atoms with Gasteiger partial charge in [0.25, 0.3) is 5.91 Å². The number of methoxy groups -OCH3 is 1. The van der Waals surface area contributed by atoms with Crippen LogP contribution in [0.25, 0.3) is 0 Å². The average molecular weight is 291 g/mol. The van der Waals surface area contributed by atoms with Gasteiger partial charge in [-0.25, -0.2) is 0 Å². The largest absolute Gasteiger partial charge is 0.497 e. The molecule has 0 aromatic heterocycles. The number of benzene rings is 1. The lowest BCUT2D eigenvalue weighted by Gasteiger charge is -2.34. The third-order valence-corrected chi connectivity index (χ3v) is 4.48. The second kappa shape index (κ2) is 7.34. The van der Waals surface area contributed by atoms with Crippen LogP contribution in [0.4, 0.5) is 0 Å². The molecule has 4 nitrogen and oxygen atoms in total. The second-order valence-electron chi connectivity index (χ2n) is 5.91. The Bertz CT molecular complexity index is 458. The molecule has 1 aliphatic carbocycles. The lowest BCUT2D eigenvalue weighted by molar-refractivity contribution is -0.124. The Balaban J connectivity index is 1.78. The second-order valence-corrected chi connectivity index (χ2v) is 5.91. The van der Waals surface area contributed by atoms with E-state index in [0.717, 1.165) is 12.2 Å². The Kier molecular flexibility index (Phi) is 5.48. The normalized spacial score (nSPS) is 25.2. The SMILES string of the molecule is COc1ccc(OCC(=O)NC2CCCC(C)C2C)cc1. The molecule has 0 radical (unpaired) electrons. The molecule has 3 unspecified atom stereocenters. The summed E-state index contributed by atoms with van der Waals surface area (Å²) in [7, 11) is 1.62. The molecular formula is C17H25NO3. The van der Waals surface area contributed by atoms with Crippen LogP contribution in [0.15, 0.2) is 24.3 Å². The summed E-state index contributed by atoms with van der Waals surface area (Å²) in [6.07, 6.45) is 3.52. The van der Waals surface area contributed by atoms with E-state index < -0.39 is 0 Å². The van der Waals surface area contributed by atoms with Crippen molar-refractivity contribution in [2.75, 3.05) is 13.7 Å². The molecule has 0 heterocycles. The summed E-state index contributed by atoms with van der Waals surface area (Å²) in [5.41, 5.74) is 0. The lowest BCUT2D eigenvalue weighted by atomic mass is 9.78. The maximum absolute atomic E-state index is 12.0. The minimum absolute atomic E-state index is 0.0447. The fourth-order valence-electron chi connectivity index (χ4n) is 2.85. The van der Waals surface area contributed by atoms with Crippen molar-refractivity contribution in [3.8, 4) is 11.5 Å².